The third-order valence-corrected chi connectivity index (χ3v) is 3.50. The molecule has 4 nitrogen and oxygen atoms in total. The Balaban J connectivity index is 3.01. The number of aromatic hydroxyl groups is 1. The van der Waals surface area contributed by atoms with Crippen LogP contribution >= 0.6 is 15.9 Å². The molecular weight excluding hydrogens is 310 g/mol. The first-order valence-electron chi connectivity index (χ1n) is 6.16. The van der Waals surface area contributed by atoms with E-state index in [1.54, 1.807) is 26.0 Å². The van der Waals surface area contributed by atoms with Crippen molar-refractivity contribution in [1.29, 1.82) is 0 Å². The summed E-state index contributed by atoms with van der Waals surface area (Å²) in [5, 5.41) is 13.2. The predicted octanol–water partition coefficient (Wildman–Crippen LogP) is 3.15. The van der Waals surface area contributed by atoms with Crippen LogP contribution in [0.15, 0.2) is 22.7 Å². The van der Waals surface area contributed by atoms with Crippen molar-refractivity contribution in [2.75, 3.05) is 7.11 Å². The molecule has 1 atom stereocenters. The number of methoxy groups -OCH3 is 1. The lowest BCUT2D eigenvalue weighted by molar-refractivity contribution is -0.147. The largest absolute Gasteiger partial charge is 0.508 e. The quantitative estimate of drug-likeness (QED) is 0.815. The van der Waals surface area contributed by atoms with Gasteiger partial charge in [-0.05, 0) is 38.5 Å². The van der Waals surface area contributed by atoms with Gasteiger partial charge in [0.05, 0.1) is 7.11 Å². The van der Waals surface area contributed by atoms with Gasteiger partial charge in [-0.3, -0.25) is 10.1 Å². The molecule has 19 heavy (non-hydrogen) atoms. The van der Waals surface area contributed by atoms with Crippen LogP contribution in [0.3, 0.4) is 0 Å². The Labute approximate surface area is 122 Å². The van der Waals surface area contributed by atoms with Crippen LogP contribution in [0.2, 0.25) is 0 Å². The molecular formula is C14H20BrNO3. The van der Waals surface area contributed by atoms with Crippen molar-refractivity contribution in [3.8, 4) is 5.75 Å². The van der Waals surface area contributed by atoms with Gasteiger partial charge >= 0.3 is 5.97 Å². The van der Waals surface area contributed by atoms with Gasteiger partial charge < -0.3 is 9.84 Å². The zero-order valence-electron chi connectivity index (χ0n) is 11.7. The molecule has 0 aromatic heterocycles. The number of benzene rings is 1. The van der Waals surface area contributed by atoms with Crippen LogP contribution in [0.25, 0.3) is 0 Å². The van der Waals surface area contributed by atoms with Gasteiger partial charge in [0.15, 0.2) is 0 Å². The SMILES string of the molecule is CCC(NC(C)(C)C(=O)OC)c1cc(Br)ccc1O. The molecule has 2 N–H and O–H groups in total. The zero-order valence-corrected chi connectivity index (χ0v) is 13.2. The van der Waals surface area contributed by atoms with Gasteiger partial charge in [0.2, 0.25) is 0 Å². The molecule has 0 spiro atoms. The summed E-state index contributed by atoms with van der Waals surface area (Å²) in [4.78, 5) is 11.7. The number of ether oxygens (including phenoxy) is 1. The first-order valence-corrected chi connectivity index (χ1v) is 6.95. The smallest absolute Gasteiger partial charge is 0.325 e. The second-order valence-electron chi connectivity index (χ2n) is 4.92. The van der Waals surface area contributed by atoms with Gasteiger partial charge in [0, 0.05) is 16.1 Å². The lowest BCUT2D eigenvalue weighted by Crippen LogP contribution is -2.48. The summed E-state index contributed by atoms with van der Waals surface area (Å²) in [5.41, 5.74) is -0.0571. The number of carbonyl (C=O) groups is 1. The first kappa shape index (κ1) is 16.0. The van der Waals surface area contributed by atoms with Crippen molar-refractivity contribution in [3.63, 3.8) is 0 Å². The molecule has 0 saturated heterocycles. The summed E-state index contributed by atoms with van der Waals surface area (Å²) < 4.78 is 5.66. The Morgan fingerprint density at radius 3 is 2.68 bits per heavy atom. The van der Waals surface area contributed by atoms with E-state index < -0.39 is 5.54 Å². The number of hydrogen-bond donors (Lipinski definition) is 2. The number of rotatable bonds is 5. The van der Waals surface area contributed by atoms with Crippen molar-refractivity contribution >= 4 is 21.9 Å². The monoisotopic (exact) mass is 329 g/mol. The maximum atomic E-state index is 11.7. The number of phenolic OH excluding ortho intramolecular Hbond substituents is 1. The number of esters is 1. The highest BCUT2D eigenvalue weighted by molar-refractivity contribution is 9.10. The fourth-order valence-electron chi connectivity index (χ4n) is 1.95. The maximum absolute atomic E-state index is 11.7. The second kappa shape index (κ2) is 6.39. The molecule has 1 aromatic carbocycles. The topological polar surface area (TPSA) is 58.6 Å². The van der Waals surface area contributed by atoms with E-state index in [-0.39, 0.29) is 17.8 Å². The summed E-state index contributed by atoms with van der Waals surface area (Å²) in [7, 11) is 1.36. The molecule has 0 heterocycles. The van der Waals surface area contributed by atoms with E-state index in [1.165, 1.54) is 7.11 Å². The Morgan fingerprint density at radius 1 is 1.53 bits per heavy atom. The van der Waals surface area contributed by atoms with E-state index in [4.69, 9.17) is 4.74 Å². The molecule has 0 fully saturated rings. The summed E-state index contributed by atoms with van der Waals surface area (Å²) in [6, 6.07) is 5.13. The molecule has 0 bridgehead atoms. The average Bonchev–Trinajstić information content (AvgIpc) is 2.38. The molecule has 0 radical (unpaired) electrons. The summed E-state index contributed by atoms with van der Waals surface area (Å²) in [5.74, 6) is -0.122. The summed E-state index contributed by atoms with van der Waals surface area (Å²) in [6.45, 7) is 5.51. The zero-order chi connectivity index (χ0) is 14.6. The lowest BCUT2D eigenvalue weighted by atomic mass is 9.98. The Kier molecular flexibility index (Phi) is 5.38. The summed E-state index contributed by atoms with van der Waals surface area (Å²) >= 11 is 3.39. The highest BCUT2D eigenvalue weighted by Crippen LogP contribution is 2.30. The Morgan fingerprint density at radius 2 is 2.16 bits per heavy atom. The van der Waals surface area contributed by atoms with Crippen LogP contribution in [0.5, 0.6) is 5.75 Å². The molecule has 0 aliphatic rings. The molecule has 0 aliphatic heterocycles. The van der Waals surface area contributed by atoms with Crippen LogP contribution < -0.4 is 5.32 Å². The van der Waals surface area contributed by atoms with Crippen molar-refractivity contribution < 1.29 is 14.6 Å². The van der Waals surface area contributed by atoms with Crippen molar-refractivity contribution in [1.82, 2.24) is 5.32 Å². The van der Waals surface area contributed by atoms with Gasteiger partial charge in [-0.2, -0.15) is 0 Å². The number of halogens is 1. The van der Waals surface area contributed by atoms with Gasteiger partial charge in [0.25, 0.3) is 0 Å². The minimum absolute atomic E-state index is 0.133. The Bertz CT molecular complexity index is 460. The minimum Gasteiger partial charge on any atom is -0.508 e. The predicted molar refractivity (Wildman–Crippen MR) is 78.1 cm³/mol. The molecule has 1 aromatic rings. The third-order valence-electron chi connectivity index (χ3n) is 3.00. The number of carbonyl (C=O) groups excluding carboxylic acids is 1. The molecule has 5 heteroatoms. The van der Waals surface area contributed by atoms with Crippen molar-refractivity contribution in [3.05, 3.63) is 28.2 Å². The van der Waals surface area contributed by atoms with E-state index in [0.717, 1.165) is 16.5 Å². The van der Waals surface area contributed by atoms with Crippen LogP contribution in [-0.2, 0) is 9.53 Å². The standard InChI is InChI=1S/C14H20BrNO3/c1-5-11(16-14(2,3)13(18)19-4)10-8-9(15)6-7-12(10)17/h6-8,11,16-17H,5H2,1-4H3. The second-order valence-corrected chi connectivity index (χ2v) is 5.84. The van der Waals surface area contributed by atoms with Crippen molar-refractivity contribution in [2.24, 2.45) is 0 Å². The number of nitrogens with one attached hydrogen (secondary N) is 1. The first-order chi connectivity index (χ1) is 8.81. The molecule has 0 amide bonds. The molecule has 106 valence electrons. The fraction of sp³-hybridized carbons (Fsp3) is 0.500. The molecule has 0 aliphatic carbocycles. The van der Waals surface area contributed by atoms with E-state index in [9.17, 15) is 9.90 Å². The van der Waals surface area contributed by atoms with Crippen LogP contribution in [0.1, 0.15) is 38.8 Å². The van der Waals surface area contributed by atoms with E-state index in [1.807, 2.05) is 13.0 Å². The fourth-order valence-corrected chi connectivity index (χ4v) is 2.33. The van der Waals surface area contributed by atoms with E-state index >= 15 is 0 Å². The molecule has 1 unspecified atom stereocenters. The van der Waals surface area contributed by atoms with Crippen LogP contribution in [0.4, 0.5) is 0 Å². The van der Waals surface area contributed by atoms with Gasteiger partial charge in [-0.25, -0.2) is 0 Å². The molecule has 1 rings (SSSR count). The lowest BCUT2D eigenvalue weighted by Gasteiger charge is -2.29. The van der Waals surface area contributed by atoms with E-state index in [2.05, 4.69) is 21.2 Å². The maximum Gasteiger partial charge on any atom is 0.325 e. The van der Waals surface area contributed by atoms with E-state index in [0.29, 0.717) is 0 Å². The highest BCUT2D eigenvalue weighted by atomic mass is 79.9. The van der Waals surface area contributed by atoms with Gasteiger partial charge in [-0.15, -0.1) is 0 Å². The summed E-state index contributed by atoms with van der Waals surface area (Å²) in [6.07, 6.45) is 0.741. The molecule has 0 saturated carbocycles. The third kappa shape index (κ3) is 3.94. The highest BCUT2D eigenvalue weighted by Gasteiger charge is 2.31. The van der Waals surface area contributed by atoms with Crippen LogP contribution in [-0.4, -0.2) is 23.7 Å². The van der Waals surface area contributed by atoms with Gasteiger partial charge in [0.1, 0.15) is 11.3 Å². The van der Waals surface area contributed by atoms with Crippen LogP contribution in [0, 0.1) is 0 Å². The number of hydrogen-bond acceptors (Lipinski definition) is 4. The minimum atomic E-state index is -0.815. The average molecular weight is 330 g/mol. The number of phenols is 1. The normalized spacial score (nSPS) is 13.1. The van der Waals surface area contributed by atoms with Gasteiger partial charge in [-0.1, -0.05) is 22.9 Å². The van der Waals surface area contributed by atoms with Crippen molar-refractivity contribution in [2.45, 2.75) is 38.8 Å². The Hall–Kier alpha value is -1.07.